The molecule has 1 aromatic rings. The predicted molar refractivity (Wildman–Crippen MR) is 114 cm³/mol. The molecule has 0 heterocycles. The zero-order valence-corrected chi connectivity index (χ0v) is 17.8. The molecule has 0 radical (unpaired) electrons. The van der Waals surface area contributed by atoms with E-state index >= 15 is 0 Å². The summed E-state index contributed by atoms with van der Waals surface area (Å²) < 4.78 is 13.6. The normalized spacial score (nSPS) is 15.8. The summed E-state index contributed by atoms with van der Waals surface area (Å²) in [7, 11) is 3.98. The maximum Gasteiger partial charge on any atom is 0.191 e. The highest BCUT2D eigenvalue weighted by Crippen LogP contribution is 2.21. The number of nitrogens with one attached hydrogen (secondary N) is 2. The molecule has 6 heteroatoms. The van der Waals surface area contributed by atoms with Gasteiger partial charge in [-0.3, -0.25) is 4.99 Å². The minimum Gasteiger partial charge on any atom is -0.356 e. The second-order valence-corrected chi connectivity index (χ2v) is 6.57. The topological polar surface area (TPSA) is 39.7 Å². The fraction of sp³-hybridized carbons (Fsp3) is 0.632. The Labute approximate surface area is 168 Å². The van der Waals surface area contributed by atoms with Crippen molar-refractivity contribution in [2.24, 2.45) is 4.99 Å². The Kier molecular flexibility index (Phi) is 11.0. The van der Waals surface area contributed by atoms with E-state index in [1.165, 1.54) is 38.2 Å². The number of hydrogen-bond acceptors (Lipinski definition) is 2. The molecule has 142 valence electrons. The summed E-state index contributed by atoms with van der Waals surface area (Å²) >= 11 is 0. The zero-order chi connectivity index (χ0) is 17.2. The third kappa shape index (κ3) is 7.90. The first-order chi connectivity index (χ1) is 11.7. The van der Waals surface area contributed by atoms with E-state index in [0.29, 0.717) is 12.1 Å². The minimum atomic E-state index is -0.186. The highest BCUT2D eigenvalue weighted by atomic mass is 127. The number of halogens is 2. The molecule has 1 saturated carbocycles. The van der Waals surface area contributed by atoms with Crippen LogP contribution in [0.3, 0.4) is 0 Å². The lowest BCUT2D eigenvalue weighted by atomic mass is 9.94. The fourth-order valence-electron chi connectivity index (χ4n) is 3.28. The van der Waals surface area contributed by atoms with Gasteiger partial charge in [-0.25, -0.2) is 4.39 Å². The minimum absolute atomic E-state index is 0. The molecule has 2 rings (SSSR count). The summed E-state index contributed by atoms with van der Waals surface area (Å²) in [5.41, 5.74) is 0.650. The van der Waals surface area contributed by atoms with Gasteiger partial charge in [-0.2, -0.15) is 0 Å². The largest absolute Gasteiger partial charge is 0.356 e. The quantitative estimate of drug-likeness (QED) is 0.281. The van der Waals surface area contributed by atoms with Crippen LogP contribution in [0.1, 0.15) is 44.1 Å². The van der Waals surface area contributed by atoms with Crippen molar-refractivity contribution in [2.45, 2.75) is 51.1 Å². The van der Waals surface area contributed by atoms with Gasteiger partial charge < -0.3 is 15.5 Å². The first-order valence-electron chi connectivity index (χ1n) is 9.09. The molecular formula is C19H32FIN4. The zero-order valence-electron chi connectivity index (χ0n) is 15.4. The van der Waals surface area contributed by atoms with Crippen molar-refractivity contribution in [3.8, 4) is 0 Å². The van der Waals surface area contributed by atoms with Crippen LogP contribution in [0.4, 0.5) is 4.39 Å². The Balaban J connectivity index is 0.00000312. The summed E-state index contributed by atoms with van der Waals surface area (Å²) in [5.74, 6) is 0.535. The molecule has 0 atom stereocenters. The van der Waals surface area contributed by atoms with Gasteiger partial charge in [0.25, 0.3) is 0 Å². The van der Waals surface area contributed by atoms with Crippen LogP contribution in [0, 0.1) is 5.82 Å². The molecule has 2 N–H and O–H groups in total. The number of benzene rings is 1. The van der Waals surface area contributed by atoms with Gasteiger partial charge in [-0.15, -0.1) is 24.0 Å². The number of nitrogens with zero attached hydrogens (tertiary/aromatic N) is 2. The molecule has 1 aliphatic carbocycles. The van der Waals surface area contributed by atoms with Crippen LogP contribution in [-0.4, -0.2) is 44.1 Å². The SMILES string of the molecule is CN=C(NCCCN(C)C1CCCCC1)NCc1ccccc1F.I. The highest BCUT2D eigenvalue weighted by molar-refractivity contribution is 14.0. The number of rotatable bonds is 7. The van der Waals surface area contributed by atoms with E-state index in [9.17, 15) is 4.39 Å². The van der Waals surface area contributed by atoms with Crippen LogP contribution in [0.2, 0.25) is 0 Å². The Bertz CT molecular complexity index is 518. The van der Waals surface area contributed by atoms with Gasteiger partial charge in [0.15, 0.2) is 5.96 Å². The molecular weight excluding hydrogens is 430 g/mol. The van der Waals surface area contributed by atoms with E-state index in [1.807, 2.05) is 6.07 Å². The molecule has 1 aliphatic rings. The fourth-order valence-corrected chi connectivity index (χ4v) is 3.28. The van der Waals surface area contributed by atoms with Crippen molar-refractivity contribution < 1.29 is 4.39 Å². The second-order valence-electron chi connectivity index (χ2n) is 6.57. The molecule has 1 aromatic carbocycles. The Morgan fingerprint density at radius 1 is 1.20 bits per heavy atom. The molecule has 0 aromatic heterocycles. The van der Waals surface area contributed by atoms with Crippen LogP contribution in [0.5, 0.6) is 0 Å². The van der Waals surface area contributed by atoms with Crippen LogP contribution in [-0.2, 0) is 6.54 Å². The molecule has 0 amide bonds. The van der Waals surface area contributed by atoms with E-state index in [-0.39, 0.29) is 29.8 Å². The third-order valence-electron chi connectivity index (χ3n) is 4.81. The van der Waals surface area contributed by atoms with Crippen molar-refractivity contribution in [1.82, 2.24) is 15.5 Å². The lowest BCUT2D eigenvalue weighted by Crippen LogP contribution is -2.39. The summed E-state index contributed by atoms with van der Waals surface area (Å²) in [6.45, 7) is 2.41. The molecule has 0 unspecified atom stereocenters. The molecule has 25 heavy (non-hydrogen) atoms. The van der Waals surface area contributed by atoms with E-state index in [0.717, 1.165) is 31.5 Å². The average molecular weight is 462 g/mol. The molecule has 0 spiro atoms. The molecule has 4 nitrogen and oxygen atoms in total. The van der Waals surface area contributed by atoms with Crippen LogP contribution >= 0.6 is 24.0 Å². The monoisotopic (exact) mass is 462 g/mol. The van der Waals surface area contributed by atoms with E-state index in [4.69, 9.17) is 0 Å². The van der Waals surface area contributed by atoms with E-state index in [2.05, 4.69) is 27.6 Å². The smallest absolute Gasteiger partial charge is 0.191 e. The van der Waals surface area contributed by atoms with Gasteiger partial charge in [0.1, 0.15) is 5.82 Å². The van der Waals surface area contributed by atoms with Gasteiger partial charge in [0.2, 0.25) is 0 Å². The van der Waals surface area contributed by atoms with Gasteiger partial charge in [-0.1, -0.05) is 37.5 Å². The molecule has 1 fully saturated rings. The Hall–Kier alpha value is -0.890. The first-order valence-corrected chi connectivity index (χ1v) is 9.09. The van der Waals surface area contributed by atoms with Crippen molar-refractivity contribution >= 4 is 29.9 Å². The molecule has 0 aliphatic heterocycles. The lowest BCUT2D eigenvalue weighted by molar-refractivity contribution is 0.190. The van der Waals surface area contributed by atoms with E-state index in [1.54, 1.807) is 19.2 Å². The van der Waals surface area contributed by atoms with Crippen molar-refractivity contribution in [2.75, 3.05) is 27.2 Å². The van der Waals surface area contributed by atoms with Crippen LogP contribution < -0.4 is 10.6 Å². The average Bonchev–Trinajstić information content (AvgIpc) is 2.63. The molecule has 0 bridgehead atoms. The summed E-state index contributed by atoms with van der Waals surface area (Å²) in [6, 6.07) is 7.58. The summed E-state index contributed by atoms with van der Waals surface area (Å²) in [6.07, 6.45) is 7.91. The maximum atomic E-state index is 13.6. The van der Waals surface area contributed by atoms with Gasteiger partial charge >= 0.3 is 0 Å². The number of aliphatic imine (C=N–C) groups is 1. The third-order valence-corrected chi connectivity index (χ3v) is 4.81. The lowest BCUT2D eigenvalue weighted by Gasteiger charge is -2.31. The molecule has 0 saturated heterocycles. The van der Waals surface area contributed by atoms with Gasteiger partial charge in [-0.05, 0) is 38.9 Å². The van der Waals surface area contributed by atoms with Gasteiger partial charge in [0.05, 0.1) is 0 Å². The Morgan fingerprint density at radius 2 is 1.92 bits per heavy atom. The second kappa shape index (κ2) is 12.5. The van der Waals surface area contributed by atoms with Crippen LogP contribution in [0.25, 0.3) is 0 Å². The summed E-state index contributed by atoms with van der Waals surface area (Å²) in [4.78, 5) is 6.69. The summed E-state index contributed by atoms with van der Waals surface area (Å²) in [5, 5.41) is 6.47. The standard InChI is InChI=1S/C19H31FN4.HI/c1-21-19(23-15-16-9-6-7-12-18(16)20)22-13-8-14-24(2)17-10-4-3-5-11-17;/h6-7,9,12,17H,3-5,8,10-11,13-15H2,1-2H3,(H2,21,22,23);1H. The van der Waals surface area contributed by atoms with Crippen molar-refractivity contribution in [3.05, 3.63) is 35.6 Å². The van der Waals surface area contributed by atoms with Crippen molar-refractivity contribution in [3.63, 3.8) is 0 Å². The van der Waals surface area contributed by atoms with Crippen LogP contribution in [0.15, 0.2) is 29.3 Å². The van der Waals surface area contributed by atoms with Gasteiger partial charge in [0, 0.05) is 31.7 Å². The predicted octanol–water partition coefficient (Wildman–Crippen LogP) is 3.76. The number of hydrogen-bond donors (Lipinski definition) is 2. The first kappa shape index (κ1) is 22.2. The highest BCUT2D eigenvalue weighted by Gasteiger charge is 2.17. The maximum absolute atomic E-state index is 13.6. The number of guanidine groups is 1. The van der Waals surface area contributed by atoms with E-state index < -0.39 is 0 Å². The van der Waals surface area contributed by atoms with Crippen molar-refractivity contribution in [1.29, 1.82) is 0 Å². The Morgan fingerprint density at radius 3 is 2.60 bits per heavy atom.